The normalized spacial score (nSPS) is 11.6. The molecule has 1 unspecified atom stereocenters. The van der Waals surface area contributed by atoms with Crippen LogP contribution < -0.4 is 0 Å². The van der Waals surface area contributed by atoms with E-state index in [1.807, 2.05) is 0 Å². The minimum Gasteiger partial charge on any atom is -0.460 e. The molecular weight excluding hydrogens is 276 g/mol. The van der Waals surface area contributed by atoms with Crippen molar-refractivity contribution < 1.29 is 28.5 Å². The zero-order valence-electron chi connectivity index (χ0n) is 13.0. The summed E-state index contributed by atoms with van der Waals surface area (Å²) in [5.74, 6) is -0.857. The van der Waals surface area contributed by atoms with Crippen LogP contribution in [-0.4, -0.2) is 51.1 Å². The molecule has 0 saturated heterocycles. The average Bonchev–Trinajstić information content (AvgIpc) is 2.40. The first-order valence-electron chi connectivity index (χ1n) is 6.69. The summed E-state index contributed by atoms with van der Waals surface area (Å²) in [4.78, 5) is 22.3. The monoisotopic (exact) mass is 300 g/mol. The van der Waals surface area contributed by atoms with Crippen molar-refractivity contribution in [3.8, 4) is 0 Å². The molecule has 0 aromatic rings. The lowest BCUT2D eigenvalue weighted by Gasteiger charge is -2.13. The Hall–Kier alpha value is -1.66. The van der Waals surface area contributed by atoms with Crippen LogP contribution in [0.1, 0.15) is 20.8 Å². The Kier molecular flexibility index (Phi) is 10.2. The first kappa shape index (κ1) is 19.3. The van der Waals surface area contributed by atoms with Crippen LogP contribution in [0, 0.1) is 0 Å². The molecule has 0 radical (unpaired) electrons. The SMILES string of the molecule is C=C(C)C(=O)OCCOCCOCC(C)OC(=O)C(=C)C. The third-order valence-corrected chi connectivity index (χ3v) is 2.19. The first-order chi connectivity index (χ1) is 9.84. The predicted octanol–water partition coefficient (Wildman–Crippen LogP) is 1.65. The van der Waals surface area contributed by atoms with Gasteiger partial charge in [-0.1, -0.05) is 13.2 Å². The fraction of sp³-hybridized carbons (Fsp3) is 0.600. The van der Waals surface area contributed by atoms with Crippen molar-refractivity contribution in [3.63, 3.8) is 0 Å². The van der Waals surface area contributed by atoms with Crippen molar-refractivity contribution in [1.82, 2.24) is 0 Å². The maximum atomic E-state index is 11.2. The van der Waals surface area contributed by atoms with Gasteiger partial charge in [0.15, 0.2) is 0 Å². The molecule has 0 saturated carbocycles. The molecule has 1 atom stereocenters. The molecule has 0 aliphatic rings. The molecule has 120 valence electrons. The third kappa shape index (κ3) is 10.8. The van der Waals surface area contributed by atoms with E-state index < -0.39 is 11.9 Å². The van der Waals surface area contributed by atoms with Gasteiger partial charge in [0.25, 0.3) is 0 Å². The highest BCUT2D eigenvalue weighted by Crippen LogP contribution is 1.99. The summed E-state index contributed by atoms with van der Waals surface area (Å²) in [5, 5.41) is 0. The Morgan fingerprint density at radius 2 is 1.43 bits per heavy atom. The van der Waals surface area contributed by atoms with Gasteiger partial charge in [-0.25, -0.2) is 9.59 Å². The number of carbonyl (C=O) groups is 2. The average molecular weight is 300 g/mol. The Morgan fingerprint density at radius 1 is 0.905 bits per heavy atom. The summed E-state index contributed by atoms with van der Waals surface area (Å²) in [6.45, 7) is 13.4. The smallest absolute Gasteiger partial charge is 0.333 e. The van der Waals surface area contributed by atoms with Crippen LogP contribution in [0.5, 0.6) is 0 Å². The minimum atomic E-state index is -0.429. The Bertz CT molecular complexity index is 374. The van der Waals surface area contributed by atoms with E-state index in [1.165, 1.54) is 0 Å². The summed E-state index contributed by atoms with van der Waals surface area (Å²) < 4.78 is 20.4. The fourth-order valence-corrected chi connectivity index (χ4v) is 1.10. The molecule has 0 aromatic carbocycles. The van der Waals surface area contributed by atoms with Gasteiger partial charge in [0.1, 0.15) is 12.7 Å². The van der Waals surface area contributed by atoms with Crippen molar-refractivity contribution in [2.75, 3.05) is 33.0 Å². The van der Waals surface area contributed by atoms with E-state index in [4.69, 9.17) is 18.9 Å². The van der Waals surface area contributed by atoms with Crippen LogP contribution in [0.3, 0.4) is 0 Å². The highest BCUT2D eigenvalue weighted by atomic mass is 16.6. The highest BCUT2D eigenvalue weighted by molar-refractivity contribution is 5.87. The van der Waals surface area contributed by atoms with Crippen molar-refractivity contribution in [1.29, 1.82) is 0 Å². The van der Waals surface area contributed by atoms with Crippen LogP contribution in [0.15, 0.2) is 24.3 Å². The summed E-state index contributed by atoms with van der Waals surface area (Å²) in [5.41, 5.74) is 0.714. The van der Waals surface area contributed by atoms with Crippen molar-refractivity contribution in [3.05, 3.63) is 24.3 Å². The van der Waals surface area contributed by atoms with E-state index in [2.05, 4.69) is 13.2 Å². The van der Waals surface area contributed by atoms with Gasteiger partial charge in [-0.05, 0) is 20.8 Å². The van der Waals surface area contributed by atoms with E-state index in [9.17, 15) is 9.59 Å². The van der Waals surface area contributed by atoms with Gasteiger partial charge in [-0.2, -0.15) is 0 Å². The molecule has 0 aliphatic carbocycles. The molecule has 0 rings (SSSR count). The lowest BCUT2D eigenvalue weighted by molar-refractivity contribution is -0.147. The first-order valence-corrected chi connectivity index (χ1v) is 6.69. The molecule has 0 bridgehead atoms. The number of ether oxygens (including phenoxy) is 4. The van der Waals surface area contributed by atoms with Crippen LogP contribution in [0.4, 0.5) is 0 Å². The molecule has 0 heterocycles. The van der Waals surface area contributed by atoms with E-state index in [0.717, 1.165) is 0 Å². The van der Waals surface area contributed by atoms with E-state index in [0.29, 0.717) is 31.0 Å². The molecule has 0 N–H and O–H groups in total. The molecule has 0 amide bonds. The second-order valence-corrected chi connectivity index (χ2v) is 4.60. The quantitative estimate of drug-likeness (QED) is 0.328. The maximum Gasteiger partial charge on any atom is 0.333 e. The molecule has 0 aliphatic heterocycles. The van der Waals surface area contributed by atoms with Gasteiger partial charge in [-0.15, -0.1) is 0 Å². The molecule has 0 aromatic heterocycles. The Balaban J connectivity index is 3.44. The standard InChI is InChI=1S/C15H24O6/c1-11(2)14(16)20-9-8-18-6-7-19-10-13(5)21-15(17)12(3)4/h13H,1,3,6-10H2,2,4-5H3. The number of hydrogen-bond donors (Lipinski definition) is 0. The number of esters is 2. The van der Waals surface area contributed by atoms with E-state index >= 15 is 0 Å². The predicted molar refractivity (Wildman–Crippen MR) is 77.8 cm³/mol. The summed E-state index contributed by atoms with van der Waals surface area (Å²) in [7, 11) is 0. The van der Waals surface area contributed by atoms with Gasteiger partial charge in [0.05, 0.1) is 26.4 Å². The topological polar surface area (TPSA) is 71.1 Å². The highest BCUT2D eigenvalue weighted by Gasteiger charge is 2.09. The van der Waals surface area contributed by atoms with Gasteiger partial charge in [-0.3, -0.25) is 0 Å². The lowest BCUT2D eigenvalue weighted by atomic mass is 10.3. The summed E-state index contributed by atoms with van der Waals surface area (Å²) >= 11 is 0. The van der Waals surface area contributed by atoms with Crippen LogP contribution in [0.25, 0.3) is 0 Å². The minimum absolute atomic E-state index is 0.179. The van der Waals surface area contributed by atoms with Crippen molar-refractivity contribution >= 4 is 11.9 Å². The van der Waals surface area contributed by atoms with E-state index in [1.54, 1.807) is 20.8 Å². The number of rotatable bonds is 11. The van der Waals surface area contributed by atoms with Crippen LogP contribution in [0.2, 0.25) is 0 Å². The largest absolute Gasteiger partial charge is 0.460 e. The Labute approximate surface area is 125 Å². The van der Waals surface area contributed by atoms with Crippen molar-refractivity contribution in [2.45, 2.75) is 26.9 Å². The molecule has 6 nitrogen and oxygen atoms in total. The van der Waals surface area contributed by atoms with Crippen LogP contribution >= 0.6 is 0 Å². The maximum absolute atomic E-state index is 11.2. The molecular formula is C15H24O6. The Morgan fingerprint density at radius 3 is 2.00 bits per heavy atom. The molecule has 0 fully saturated rings. The molecule has 6 heteroatoms. The van der Waals surface area contributed by atoms with Gasteiger partial charge < -0.3 is 18.9 Å². The summed E-state index contributed by atoms with van der Waals surface area (Å²) in [6, 6.07) is 0. The second-order valence-electron chi connectivity index (χ2n) is 4.60. The zero-order chi connectivity index (χ0) is 16.3. The zero-order valence-corrected chi connectivity index (χ0v) is 13.0. The third-order valence-electron chi connectivity index (χ3n) is 2.19. The van der Waals surface area contributed by atoms with Crippen LogP contribution in [-0.2, 0) is 28.5 Å². The number of carbonyl (C=O) groups excluding carboxylic acids is 2. The van der Waals surface area contributed by atoms with Crippen molar-refractivity contribution in [2.24, 2.45) is 0 Å². The van der Waals surface area contributed by atoms with E-state index in [-0.39, 0.29) is 19.3 Å². The number of hydrogen-bond acceptors (Lipinski definition) is 6. The second kappa shape index (κ2) is 11.0. The van der Waals surface area contributed by atoms with Gasteiger partial charge >= 0.3 is 11.9 Å². The molecule has 21 heavy (non-hydrogen) atoms. The summed E-state index contributed by atoms with van der Waals surface area (Å²) in [6.07, 6.45) is -0.342. The van der Waals surface area contributed by atoms with Gasteiger partial charge in [0.2, 0.25) is 0 Å². The lowest BCUT2D eigenvalue weighted by Crippen LogP contribution is -2.22. The fourth-order valence-electron chi connectivity index (χ4n) is 1.10. The van der Waals surface area contributed by atoms with Gasteiger partial charge in [0, 0.05) is 11.1 Å². The molecule has 0 spiro atoms.